The fourth-order valence-corrected chi connectivity index (χ4v) is 3.77. The van der Waals surface area contributed by atoms with Gasteiger partial charge in [-0.1, -0.05) is 12.1 Å². The second-order valence-electron chi connectivity index (χ2n) is 9.33. The van der Waals surface area contributed by atoms with Gasteiger partial charge in [-0.3, -0.25) is 24.2 Å². The van der Waals surface area contributed by atoms with Gasteiger partial charge in [0.25, 0.3) is 0 Å². The fourth-order valence-electron chi connectivity index (χ4n) is 3.77. The minimum atomic E-state index is -1.45. The lowest BCUT2D eigenvalue weighted by Gasteiger charge is -2.25. The Morgan fingerprint density at radius 3 is 2.05 bits per heavy atom. The first-order valence-electron chi connectivity index (χ1n) is 12.8. The molecule has 0 aliphatic heterocycles. The van der Waals surface area contributed by atoms with Gasteiger partial charge in [0.2, 0.25) is 17.7 Å². The van der Waals surface area contributed by atoms with E-state index in [9.17, 15) is 34.2 Å². The topological polar surface area (TPSA) is 301 Å². The number of nitrogens with one attached hydrogen (secondary N) is 4. The average Bonchev–Trinajstić information content (AvgIpc) is 3.43. The molecule has 0 bridgehead atoms. The number of aromatic amines is 1. The molecule has 0 saturated carbocycles. The third kappa shape index (κ3) is 11.5. The summed E-state index contributed by atoms with van der Waals surface area (Å²) in [5.41, 5.74) is 17.2. The van der Waals surface area contributed by atoms with Gasteiger partial charge in [0.15, 0.2) is 5.96 Å². The molecule has 0 aliphatic carbocycles. The predicted molar refractivity (Wildman–Crippen MR) is 148 cm³/mol. The third-order valence-corrected chi connectivity index (χ3v) is 5.91. The smallest absolute Gasteiger partial charge is 0.326 e. The number of aliphatic carboxylic acids is 2. The van der Waals surface area contributed by atoms with E-state index in [2.05, 4.69) is 30.9 Å². The molecule has 0 radical (unpaired) electrons. The Hall–Kier alpha value is -5.19. The van der Waals surface area contributed by atoms with Gasteiger partial charge in [0.1, 0.15) is 23.9 Å². The van der Waals surface area contributed by atoms with Crippen LogP contribution in [0.25, 0.3) is 0 Å². The molecule has 0 aliphatic rings. The number of aromatic nitrogens is 2. The van der Waals surface area contributed by atoms with E-state index in [1.165, 1.54) is 36.8 Å². The van der Waals surface area contributed by atoms with Crippen molar-refractivity contribution in [3.05, 3.63) is 48.0 Å². The standard InChI is InChI=1S/C25H35N9O8/c26-16(10-20(36)37)21(38)33-19(9-14-11-29-12-31-14)23(40)34-18(8-13-3-5-15(35)6-4-13)22(39)32-17(24(41)42)2-1-7-30-25(27)28/h3-6,11-12,16-19,35H,1-2,7-10,26H2,(H,29,31)(H,32,39)(H,33,38)(H,34,40)(H,36,37)(H,41,42)(H4,27,28,30). The van der Waals surface area contributed by atoms with Crippen molar-refractivity contribution >= 4 is 35.6 Å². The molecule has 42 heavy (non-hydrogen) atoms. The Labute approximate surface area is 240 Å². The predicted octanol–water partition coefficient (Wildman–Crippen LogP) is -2.70. The molecule has 0 fully saturated rings. The number of hydrogen-bond donors (Lipinski definition) is 10. The first kappa shape index (κ1) is 33.0. The van der Waals surface area contributed by atoms with Crippen molar-refractivity contribution in [1.29, 1.82) is 0 Å². The van der Waals surface area contributed by atoms with Crippen LogP contribution in [-0.2, 0) is 36.8 Å². The van der Waals surface area contributed by atoms with Crippen LogP contribution in [0.3, 0.4) is 0 Å². The molecule has 4 unspecified atom stereocenters. The third-order valence-electron chi connectivity index (χ3n) is 5.91. The number of amides is 3. The molecule has 2 rings (SSSR count). The Morgan fingerprint density at radius 1 is 0.905 bits per heavy atom. The molecule has 4 atom stereocenters. The van der Waals surface area contributed by atoms with Crippen molar-refractivity contribution < 1.29 is 39.3 Å². The number of guanidine groups is 1. The van der Waals surface area contributed by atoms with Crippen LogP contribution >= 0.6 is 0 Å². The molecule has 0 spiro atoms. The van der Waals surface area contributed by atoms with Crippen molar-refractivity contribution in [3.63, 3.8) is 0 Å². The number of phenolic OH excluding ortho intramolecular Hbond substituents is 1. The highest BCUT2D eigenvalue weighted by atomic mass is 16.4. The largest absolute Gasteiger partial charge is 0.508 e. The average molecular weight is 590 g/mol. The summed E-state index contributed by atoms with van der Waals surface area (Å²) < 4.78 is 0. The summed E-state index contributed by atoms with van der Waals surface area (Å²) in [4.78, 5) is 72.5. The zero-order chi connectivity index (χ0) is 31.2. The number of aromatic hydroxyl groups is 1. The minimum absolute atomic E-state index is 0.0162. The Bertz CT molecular complexity index is 1250. The summed E-state index contributed by atoms with van der Waals surface area (Å²) in [6, 6.07) is 0.354. The Balaban J connectivity index is 2.27. The van der Waals surface area contributed by atoms with E-state index in [-0.39, 0.29) is 43.9 Å². The van der Waals surface area contributed by atoms with Crippen molar-refractivity contribution in [2.75, 3.05) is 6.54 Å². The van der Waals surface area contributed by atoms with Gasteiger partial charge in [-0.05, 0) is 30.5 Å². The van der Waals surface area contributed by atoms with Gasteiger partial charge < -0.3 is 53.5 Å². The summed E-state index contributed by atoms with van der Waals surface area (Å²) in [6.07, 6.45) is 2.06. The number of carboxylic acids is 2. The number of carbonyl (C=O) groups is 5. The molecule has 17 nitrogen and oxygen atoms in total. The molecule has 1 heterocycles. The number of H-pyrrole nitrogens is 1. The van der Waals surface area contributed by atoms with Crippen LogP contribution in [0.15, 0.2) is 41.8 Å². The van der Waals surface area contributed by atoms with Crippen LogP contribution in [0.5, 0.6) is 5.75 Å². The number of carbonyl (C=O) groups excluding carboxylic acids is 3. The molecule has 228 valence electrons. The van der Waals surface area contributed by atoms with Crippen LogP contribution in [-0.4, -0.2) is 91.6 Å². The summed E-state index contributed by atoms with van der Waals surface area (Å²) in [6.45, 7) is 0.134. The van der Waals surface area contributed by atoms with Crippen molar-refractivity contribution in [3.8, 4) is 5.75 Å². The lowest BCUT2D eigenvalue weighted by atomic mass is 10.0. The van der Waals surface area contributed by atoms with Gasteiger partial charge in [0, 0.05) is 31.3 Å². The fraction of sp³-hybridized carbons (Fsp3) is 0.400. The van der Waals surface area contributed by atoms with Gasteiger partial charge in [-0.15, -0.1) is 0 Å². The van der Waals surface area contributed by atoms with Gasteiger partial charge >= 0.3 is 11.9 Å². The number of imidazole rings is 1. The summed E-state index contributed by atoms with van der Waals surface area (Å²) in [7, 11) is 0. The summed E-state index contributed by atoms with van der Waals surface area (Å²) >= 11 is 0. The Kier molecular flexibility index (Phi) is 12.7. The molecule has 2 aromatic rings. The second kappa shape index (κ2) is 16.2. The van der Waals surface area contributed by atoms with E-state index in [1.807, 2.05) is 0 Å². The second-order valence-corrected chi connectivity index (χ2v) is 9.33. The number of nitrogens with two attached hydrogens (primary N) is 3. The molecule has 1 aromatic carbocycles. The lowest BCUT2D eigenvalue weighted by Crippen LogP contribution is -2.58. The number of nitrogens with zero attached hydrogens (tertiary/aromatic N) is 2. The zero-order valence-electron chi connectivity index (χ0n) is 22.5. The number of benzene rings is 1. The van der Waals surface area contributed by atoms with Crippen LogP contribution in [0, 0.1) is 0 Å². The van der Waals surface area contributed by atoms with E-state index in [0.717, 1.165) is 0 Å². The van der Waals surface area contributed by atoms with Crippen molar-refractivity contribution in [2.24, 2.45) is 22.2 Å². The van der Waals surface area contributed by atoms with Crippen LogP contribution in [0.2, 0.25) is 0 Å². The molecular weight excluding hydrogens is 554 g/mol. The first-order chi connectivity index (χ1) is 19.8. The molecule has 13 N–H and O–H groups in total. The van der Waals surface area contributed by atoms with Crippen molar-refractivity contribution in [2.45, 2.75) is 56.3 Å². The highest BCUT2D eigenvalue weighted by Gasteiger charge is 2.31. The number of rotatable bonds is 17. The molecular formula is C25H35N9O8. The summed E-state index contributed by atoms with van der Waals surface area (Å²) in [5.74, 6) is -5.41. The maximum absolute atomic E-state index is 13.4. The van der Waals surface area contributed by atoms with Crippen LogP contribution in [0.4, 0.5) is 0 Å². The van der Waals surface area contributed by atoms with Crippen LogP contribution in [0.1, 0.15) is 30.5 Å². The quantitative estimate of drug-likeness (QED) is 0.0512. The molecule has 3 amide bonds. The van der Waals surface area contributed by atoms with Crippen LogP contribution < -0.4 is 33.2 Å². The molecule has 17 heteroatoms. The maximum Gasteiger partial charge on any atom is 0.326 e. The normalized spacial score (nSPS) is 13.5. The number of carboxylic acid groups (broad SMARTS) is 2. The zero-order valence-corrected chi connectivity index (χ0v) is 22.5. The van der Waals surface area contributed by atoms with Crippen molar-refractivity contribution in [1.82, 2.24) is 25.9 Å². The van der Waals surface area contributed by atoms with E-state index < -0.39 is 60.2 Å². The minimum Gasteiger partial charge on any atom is -0.508 e. The van der Waals surface area contributed by atoms with E-state index in [4.69, 9.17) is 22.3 Å². The first-order valence-corrected chi connectivity index (χ1v) is 12.8. The number of hydrogen-bond acceptors (Lipinski definition) is 9. The highest BCUT2D eigenvalue weighted by molar-refractivity contribution is 5.95. The molecule has 1 aromatic heterocycles. The van der Waals surface area contributed by atoms with E-state index in [0.29, 0.717) is 11.3 Å². The van der Waals surface area contributed by atoms with E-state index >= 15 is 0 Å². The van der Waals surface area contributed by atoms with Gasteiger partial charge in [-0.2, -0.15) is 0 Å². The van der Waals surface area contributed by atoms with Gasteiger partial charge in [0.05, 0.1) is 18.8 Å². The van der Waals surface area contributed by atoms with E-state index in [1.54, 1.807) is 0 Å². The van der Waals surface area contributed by atoms with Gasteiger partial charge in [-0.25, -0.2) is 9.78 Å². The number of aliphatic imine (C=N–C) groups is 1. The Morgan fingerprint density at radius 2 is 1.50 bits per heavy atom. The highest BCUT2D eigenvalue weighted by Crippen LogP contribution is 2.12. The maximum atomic E-state index is 13.4. The number of phenols is 1. The summed E-state index contributed by atoms with van der Waals surface area (Å²) in [5, 5.41) is 35.5. The monoisotopic (exact) mass is 589 g/mol. The molecule has 0 saturated heterocycles. The SMILES string of the molecule is NC(N)=NCCCC(NC(=O)C(Cc1ccc(O)cc1)NC(=O)C(Cc1cnc[nH]1)NC(=O)C(N)CC(=O)O)C(=O)O. The lowest BCUT2D eigenvalue weighted by molar-refractivity contribution is -0.142.